The third kappa shape index (κ3) is 4.75. The van der Waals surface area contributed by atoms with E-state index in [4.69, 9.17) is 33.7 Å². The average molecular weight is 538 g/mol. The molecule has 35 heavy (non-hydrogen) atoms. The van der Waals surface area contributed by atoms with Crippen LogP contribution in [-0.4, -0.2) is 28.8 Å². The van der Waals surface area contributed by atoms with E-state index in [1.54, 1.807) is 17.5 Å². The van der Waals surface area contributed by atoms with Crippen molar-refractivity contribution in [2.45, 2.75) is 25.3 Å². The van der Waals surface area contributed by atoms with Crippen LogP contribution in [-0.2, 0) is 26.2 Å². The molecule has 0 aliphatic carbocycles. The van der Waals surface area contributed by atoms with Gasteiger partial charge in [0.05, 0.1) is 10.7 Å². The van der Waals surface area contributed by atoms with Gasteiger partial charge in [0.1, 0.15) is 34.4 Å². The number of nitrogens with zero attached hydrogens (tertiary/aromatic N) is 3. The van der Waals surface area contributed by atoms with Gasteiger partial charge in [0.2, 0.25) is 0 Å². The summed E-state index contributed by atoms with van der Waals surface area (Å²) in [6, 6.07) is 6.66. The summed E-state index contributed by atoms with van der Waals surface area (Å²) in [5.41, 5.74) is 6.43. The molecular formula is C22H18Cl2FN5O4S. The zero-order chi connectivity index (χ0) is 25.5. The van der Waals surface area contributed by atoms with Gasteiger partial charge in [-0.2, -0.15) is 0 Å². The van der Waals surface area contributed by atoms with Crippen molar-refractivity contribution in [3.8, 4) is 11.3 Å². The number of benzene rings is 2. The molecular weight excluding hydrogens is 520 g/mol. The number of carbonyl (C=O) groups is 1. The lowest BCUT2D eigenvalue weighted by atomic mass is 10.1. The smallest absolute Gasteiger partial charge is 0.302 e. The first-order valence-corrected chi connectivity index (χ1v) is 12.3. The van der Waals surface area contributed by atoms with Gasteiger partial charge in [-0.25, -0.2) is 22.8 Å². The number of fused-ring (bicyclic) bond motifs is 1. The highest BCUT2D eigenvalue weighted by atomic mass is 35.5. The molecule has 0 spiro atoms. The van der Waals surface area contributed by atoms with E-state index in [2.05, 4.69) is 14.7 Å². The number of anilines is 2. The molecule has 0 amide bonds. The second-order valence-corrected chi connectivity index (χ2v) is 9.93. The average Bonchev–Trinajstić information content (AvgIpc) is 3.13. The number of halogens is 3. The van der Waals surface area contributed by atoms with Gasteiger partial charge in [-0.05, 0) is 31.2 Å². The van der Waals surface area contributed by atoms with Crippen molar-refractivity contribution in [3.63, 3.8) is 0 Å². The quantitative estimate of drug-likeness (QED) is 0.344. The van der Waals surface area contributed by atoms with Crippen LogP contribution in [0.4, 0.5) is 15.9 Å². The maximum atomic E-state index is 15.6. The van der Waals surface area contributed by atoms with Gasteiger partial charge >= 0.3 is 5.97 Å². The number of imidazole rings is 1. The maximum Gasteiger partial charge on any atom is 0.302 e. The molecule has 0 bridgehead atoms. The van der Waals surface area contributed by atoms with Crippen molar-refractivity contribution in [1.82, 2.24) is 14.4 Å². The predicted molar refractivity (Wildman–Crippen MR) is 130 cm³/mol. The number of hydrogen-bond donors (Lipinski definition) is 2. The van der Waals surface area contributed by atoms with Gasteiger partial charge in [-0.1, -0.05) is 29.3 Å². The molecule has 0 aliphatic rings. The molecule has 4 aromatic rings. The van der Waals surface area contributed by atoms with E-state index in [0.717, 1.165) is 6.07 Å². The van der Waals surface area contributed by atoms with Gasteiger partial charge in [0.15, 0.2) is 5.82 Å². The number of rotatable bonds is 6. The number of sulfonamides is 1. The molecule has 0 saturated carbocycles. The lowest BCUT2D eigenvalue weighted by Crippen LogP contribution is -2.15. The normalized spacial score (nSPS) is 11.6. The lowest BCUT2D eigenvalue weighted by Gasteiger charge is -2.14. The van der Waals surface area contributed by atoms with Crippen LogP contribution in [0.1, 0.15) is 18.3 Å². The van der Waals surface area contributed by atoms with E-state index >= 15 is 4.39 Å². The fourth-order valence-corrected chi connectivity index (χ4v) is 5.47. The highest BCUT2D eigenvalue weighted by Gasteiger charge is 2.25. The van der Waals surface area contributed by atoms with Gasteiger partial charge in [-0.3, -0.25) is 13.9 Å². The molecule has 2 aromatic carbocycles. The van der Waals surface area contributed by atoms with Crippen molar-refractivity contribution >= 4 is 56.2 Å². The minimum atomic E-state index is -4.40. The number of ether oxygens (including phenoxy) is 1. The summed E-state index contributed by atoms with van der Waals surface area (Å²) < 4.78 is 50.7. The van der Waals surface area contributed by atoms with E-state index in [0.29, 0.717) is 11.3 Å². The molecule has 0 aliphatic heterocycles. The van der Waals surface area contributed by atoms with Crippen molar-refractivity contribution < 1.29 is 22.3 Å². The fourth-order valence-electron chi connectivity index (χ4n) is 3.49. The van der Waals surface area contributed by atoms with Crippen molar-refractivity contribution in [2.75, 3.05) is 10.5 Å². The Labute approximate surface area is 209 Å². The van der Waals surface area contributed by atoms with Crippen molar-refractivity contribution in [1.29, 1.82) is 0 Å². The highest BCUT2D eigenvalue weighted by Crippen LogP contribution is 2.35. The standard InChI is InChI=1S/C22H18Cl2FN5O4S/c1-11-28-20(21-22(26)27-6-7-30(11)21)15-4-3-5-16(19(15)25)29-35(32,33)17-9-14(23)8-13(18(17)24)10-34-12(2)31/h3-9,29H,10H2,1-2H3,(H2,26,27). The summed E-state index contributed by atoms with van der Waals surface area (Å²) in [4.78, 5) is 19.2. The molecule has 2 heterocycles. The number of nitrogens with two attached hydrogens (primary N) is 1. The van der Waals surface area contributed by atoms with Gasteiger partial charge < -0.3 is 10.5 Å². The predicted octanol–water partition coefficient (Wildman–Crippen LogP) is 4.60. The van der Waals surface area contributed by atoms with Gasteiger partial charge in [-0.15, -0.1) is 0 Å². The summed E-state index contributed by atoms with van der Waals surface area (Å²) in [5.74, 6) is -0.780. The fraction of sp³-hybridized carbons (Fsp3) is 0.136. The van der Waals surface area contributed by atoms with Crippen LogP contribution >= 0.6 is 23.2 Å². The monoisotopic (exact) mass is 537 g/mol. The Morgan fingerprint density at radius 3 is 2.74 bits per heavy atom. The molecule has 13 heteroatoms. The summed E-state index contributed by atoms with van der Waals surface area (Å²) >= 11 is 12.3. The summed E-state index contributed by atoms with van der Waals surface area (Å²) in [7, 11) is -4.40. The Bertz CT molecular complexity index is 1590. The van der Waals surface area contributed by atoms with Gasteiger partial charge in [0.25, 0.3) is 10.0 Å². The van der Waals surface area contributed by atoms with Crippen LogP contribution in [0.15, 0.2) is 47.6 Å². The third-order valence-electron chi connectivity index (χ3n) is 5.06. The minimum absolute atomic E-state index is 0.0169. The highest BCUT2D eigenvalue weighted by molar-refractivity contribution is 7.92. The molecule has 9 nitrogen and oxygen atoms in total. The van der Waals surface area contributed by atoms with E-state index in [-0.39, 0.29) is 45.0 Å². The van der Waals surface area contributed by atoms with E-state index in [1.807, 2.05) is 0 Å². The molecule has 4 rings (SSSR count). The maximum absolute atomic E-state index is 15.6. The molecule has 182 valence electrons. The van der Waals surface area contributed by atoms with Crippen LogP contribution in [0.2, 0.25) is 10.0 Å². The number of carbonyl (C=O) groups excluding carboxylic acids is 1. The summed E-state index contributed by atoms with van der Waals surface area (Å²) in [6.07, 6.45) is 3.13. The number of aryl methyl sites for hydroxylation is 1. The molecule has 2 aromatic heterocycles. The van der Waals surface area contributed by atoms with Crippen molar-refractivity contribution in [3.05, 3.63) is 70.0 Å². The molecule has 0 radical (unpaired) electrons. The summed E-state index contributed by atoms with van der Waals surface area (Å²) in [5, 5.41) is -0.177. The van der Waals surface area contributed by atoms with Gasteiger partial charge in [0, 0.05) is 35.5 Å². The van der Waals surface area contributed by atoms with Crippen LogP contribution in [0, 0.1) is 12.7 Å². The topological polar surface area (TPSA) is 129 Å². The van der Waals surface area contributed by atoms with E-state index in [9.17, 15) is 13.2 Å². The zero-order valence-electron chi connectivity index (χ0n) is 18.3. The van der Waals surface area contributed by atoms with Crippen LogP contribution in [0.25, 0.3) is 16.8 Å². The minimum Gasteiger partial charge on any atom is -0.461 e. The first-order chi connectivity index (χ1) is 16.5. The number of hydrogen-bond acceptors (Lipinski definition) is 7. The van der Waals surface area contributed by atoms with Crippen molar-refractivity contribution in [2.24, 2.45) is 0 Å². The Kier molecular flexibility index (Phi) is 6.58. The van der Waals surface area contributed by atoms with E-state index < -0.39 is 26.7 Å². The van der Waals surface area contributed by atoms with Crippen LogP contribution < -0.4 is 10.5 Å². The Balaban J connectivity index is 1.77. The molecule has 0 unspecified atom stereocenters. The largest absolute Gasteiger partial charge is 0.461 e. The third-order valence-corrected chi connectivity index (χ3v) is 7.22. The Morgan fingerprint density at radius 2 is 2.03 bits per heavy atom. The first kappa shape index (κ1) is 24.7. The Hall–Kier alpha value is -3.41. The first-order valence-electron chi connectivity index (χ1n) is 10.0. The molecule has 3 N–H and O–H groups in total. The van der Waals surface area contributed by atoms with E-state index in [1.165, 1.54) is 37.4 Å². The summed E-state index contributed by atoms with van der Waals surface area (Å²) in [6.45, 7) is 2.63. The molecule has 0 atom stereocenters. The molecule has 0 fully saturated rings. The lowest BCUT2D eigenvalue weighted by molar-refractivity contribution is -0.142. The number of esters is 1. The zero-order valence-corrected chi connectivity index (χ0v) is 20.7. The number of aromatic nitrogens is 3. The number of nitrogen functional groups attached to an aromatic ring is 1. The van der Waals surface area contributed by atoms with Crippen LogP contribution in [0.3, 0.4) is 0 Å². The van der Waals surface area contributed by atoms with Crippen LogP contribution in [0.5, 0.6) is 0 Å². The Morgan fingerprint density at radius 1 is 1.29 bits per heavy atom. The second-order valence-electron chi connectivity index (χ2n) is 7.47. The molecule has 0 saturated heterocycles. The second kappa shape index (κ2) is 9.33. The number of nitrogens with one attached hydrogen (secondary N) is 1. The SMILES string of the molecule is CC(=O)OCc1cc(Cl)cc(S(=O)(=O)Nc2cccc(-c3nc(C)n4ccnc(N)c34)c2F)c1Cl.